The number of benzene rings is 1. The SMILES string of the molecule is CN(Cc1ccc2c(c1)OCO2)C(=O)[C@@H]1CCCN1.Cl. The van der Waals surface area contributed by atoms with Crippen molar-refractivity contribution in [3.8, 4) is 11.5 Å². The third-order valence-corrected chi connectivity index (χ3v) is 3.59. The molecule has 0 aromatic heterocycles. The highest BCUT2D eigenvalue weighted by atomic mass is 35.5. The molecule has 1 aromatic carbocycles. The van der Waals surface area contributed by atoms with Gasteiger partial charge in [0.25, 0.3) is 0 Å². The van der Waals surface area contributed by atoms with Gasteiger partial charge in [-0.15, -0.1) is 12.4 Å². The molecule has 1 N–H and O–H groups in total. The number of ether oxygens (including phenoxy) is 2. The minimum absolute atomic E-state index is 0. The Hall–Kier alpha value is -1.46. The number of fused-ring (bicyclic) bond motifs is 1. The van der Waals surface area contributed by atoms with Crippen LogP contribution in [0, 0.1) is 0 Å². The minimum Gasteiger partial charge on any atom is -0.454 e. The predicted molar refractivity (Wildman–Crippen MR) is 77.3 cm³/mol. The molecule has 2 aliphatic heterocycles. The maximum absolute atomic E-state index is 12.2. The molecule has 1 fully saturated rings. The van der Waals surface area contributed by atoms with Gasteiger partial charge in [0.05, 0.1) is 6.04 Å². The fourth-order valence-corrected chi connectivity index (χ4v) is 2.55. The van der Waals surface area contributed by atoms with Gasteiger partial charge >= 0.3 is 0 Å². The van der Waals surface area contributed by atoms with Crippen LogP contribution in [0.3, 0.4) is 0 Å². The van der Waals surface area contributed by atoms with E-state index in [4.69, 9.17) is 9.47 Å². The molecule has 5 nitrogen and oxygen atoms in total. The molecule has 3 rings (SSSR count). The lowest BCUT2D eigenvalue weighted by molar-refractivity contribution is -0.132. The largest absolute Gasteiger partial charge is 0.454 e. The second kappa shape index (κ2) is 6.33. The summed E-state index contributed by atoms with van der Waals surface area (Å²) in [6.07, 6.45) is 2.01. The van der Waals surface area contributed by atoms with Crippen LogP contribution in [0.5, 0.6) is 11.5 Å². The van der Waals surface area contributed by atoms with E-state index in [1.165, 1.54) is 0 Å². The van der Waals surface area contributed by atoms with Gasteiger partial charge < -0.3 is 19.7 Å². The summed E-state index contributed by atoms with van der Waals surface area (Å²) in [5.74, 6) is 1.70. The van der Waals surface area contributed by atoms with Gasteiger partial charge in [0.15, 0.2) is 11.5 Å². The zero-order valence-electron chi connectivity index (χ0n) is 11.4. The summed E-state index contributed by atoms with van der Waals surface area (Å²) in [7, 11) is 1.84. The van der Waals surface area contributed by atoms with Gasteiger partial charge in [0.2, 0.25) is 12.7 Å². The van der Waals surface area contributed by atoms with Crippen molar-refractivity contribution < 1.29 is 14.3 Å². The Balaban J connectivity index is 0.00000147. The van der Waals surface area contributed by atoms with E-state index in [1.807, 2.05) is 25.2 Å². The Labute approximate surface area is 124 Å². The van der Waals surface area contributed by atoms with Crippen molar-refractivity contribution >= 4 is 18.3 Å². The molecule has 0 aliphatic carbocycles. The van der Waals surface area contributed by atoms with Crippen LogP contribution in [0.4, 0.5) is 0 Å². The number of carbonyl (C=O) groups is 1. The molecule has 20 heavy (non-hydrogen) atoms. The highest BCUT2D eigenvalue weighted by Gasteiger charge is 2.25. The van der Waals surface area contributed by atoms with Crippen LogP contribution in [0.15, 0.2) is 18.2 Å². The first kappa shape index (κ1) is 14.9. The maximum atomic E-state index is 12.2. The monoisotopic (exact) mass is 298 g/mol. The van der Waals surface area contributed by atoms with E-state index in [1.54, 1.807) is 4.90 Å². The molecule has 1 amide bonds. The Morgan fingerprint density at radius 1 is 1.40 bits per heavy atom. The van der Waals surface area contributed by atoms with Gasteiger partial charge in [-0.05, 0) is 37.1 Å². The molecule has 6 heteroatoms. The van der Waals surface area contributed by atoms with Crippen molar-refractivity contribution in [1.82, 2.24) is 10.2 Å². The summed E-state index contributed by atoms with van der Waals surface area (Å²) in [5.41, 5.74) is 1.05. The molecule has 0 bridgehead atoms. The molecule has 0 radical (unpaired) electrons. The Morgan fingerprint density at radius 2 is 2.20 bits per heavy atom. The van der Waals surface area contributed by atoms with Crippen molar-refractivity contribution in [1.29, 1.82) is 0 Å². The van der Waals surface area contributed by atoms with E-state index in [0.717, 1.165) is 36.4 Å². The number of nitrogens with zero attached hydrogens (tertiary/aromatic N) is 1. The summed E-state index contributed by atoms with van der Waals surface area (Å²) < 4.78 is 10.6. The van der Waals surface area contributed by atoms with E-state index in [9.17, 15) is 4.79 Å². The number of halogens is 1. The van der Waals surface area contributed by atoms with E-state index < -0.39 is 0 Å². The van der Waals surface area contributed by atoms with Crippen LogP contribution < -0.4 is 14.8 Å². The summed E-state index contributed by atoms with van der Waals surface area (Å²) in [4.78, 5) is 14.0. The molecule has 0 unspecified atom stereocenters. The van der Waals surface area contributed by atoms with Crippen LogP contribution >= 0.6 is 12.4 Å². The van der Waals surface area contributed by atoms with E-state index in [-0.39, 0.29) is 31.1 Å². The van der Waals surface area contributed by atoms with Crippen molar-refractivity contribution in [2.45, 2.75) is 25.4 Å². The van der Waals surface area contributed by atoms with Crippen LogP contribution in [-0.2, 0) is 11.3 Å². The number of carbonyl (C=O) groups excluding carboxylic acids is 1. The molecule has 2 aliphatic rings. The molecular weight excluding hydrogens is 280 g/mol. The number of amides is 1. The number of nitrogens with one attached hydrogen (secondary N) is 1. The van der Waals surface area contributed by atoms with Crippen molar-refractivity contribution in [2.75, 3.05) is 20.4 Å². The number of hydrogen-bond donors (Lipinski definition) is 1. The second-order valence-electron chi connectivity index (χ2n) is 5.03. The molecule has 2 heterocycles. The van der Waals surface area contributed by atoms with E-state index >= 15 is 0 Å². The van der Waals surface area contributed by atoms with Crippen molar-refractivity contribution in [3.63, 3.8) is 0 Å². The average molecular weight is 299 g/mol. The van der Waals surface area contributed by atoms with Gasteiger partial charge in [0, 0.05) is 13.6 Å². The Bertz CT molecular complexity index is 489. The molecule has 1 aromatic rings. The van der Waals surface area contributed by atoms with Crippen LogP contribution in [0.1, 0.15) is 18.4 Å². The normalized spacial score (nSPS) is 19.6. The molecular formula is C14H19ClN2O3. The quantitative estimate of drug-likeness (QED) is 0.920. The van der Waals surface area contributed by atoms with Gasteiger partial charge in [-0.25, -0.2) is 0 Å². The summed E-state index contributed by atoms with van der Waals surface area (Å²) in [5, 5.41) is 3.23. The average Bonchev–Trinajstić information content (AvgIpc) is 3.08. The maximum Gasteiger partial charge on any atom is 0.239 e. The third kappa shape index (κ3) is 2.99. The smallest absolute Gasteiger partial charge is 0.239 e. The topological polar surface area (TPSA) is 50.8 Å². The lowest BCUT2D eigenvalue weighted by atomic mass is 10.1. The fraction of sp³-hybridized carbons (Fsp3) is 0.500. The zero-order valence-corrected chi connectivity index (χ0v) is 12.2. The molecule has 110 valence electrons. The lowest BCUT2D eigenvalue weighted by Gasteiger charge is -2.21. The van der Waals surface area contributed by atoms with Gasteiger partial charge in [-0.1, -0.05) is 6.07 Å². The highest BCUT2D eigenvalue weighted by molar-refractivity contribution is 5.85. The summed E-state index contributed by atoms with van der Waals surface area (Å²) >= 11 is 0. The van der Waals surface area contributed by atoms with Crippen LogP contribution in [0.25, 0.3) is 0 Å². The highest BCUT2D eigenvalue weighted by Crippen LogP contribution is 2.32. The zero-order chi connectivity index (χ0) is 13.2. The molecule has 1 atom stereocenters. The first-order valence-electron chi connectivity index (χ1n) is 6.61. The van der Waals surface area contributed by atoms with E-state index in [0.29, 0.717) is 6.54 Å². The van der Waals surface area contributed by atoms with Crippen LogP contribution in [0.2, 0.25) is 0 Å². The van der Waals surface area contributed by atoms with Gasteiger partial charge in [-0.3, -0.25) is 4.79 Å². The van der Waals surface area contributed by atoms with Crippen LogP contribution in [-0.4, -0.2) is 37.2 Å². The third-order valence-electron chi connectivity index (χ3n) is 3.59. The first-order valence-corrected chi connectivity index (χ1v) is 6.61. The second-order valence-corrected chi connectivity index (χ2v) is 5.03. The fourth-order valence-electron chi connectivity index (χ4n) is 2.55. The van der Waals surface area contributed by atoms with Crippen molar-refractivity contribution in [3.05, 3.63) is 23.8 Å². The number of hydrogen-bond acceptors (Lipinski definition) is 4. The van der Waals surface area contributed by atoms with Gasteiger partial charge in [-0.2, -0.15) is 0 Å². The summed E-state index contributed by atoms with van der Waals surface area (Å²) in [6, 6.07) is 5.79. The standard InChI is InChI=1S/C14H18N2O3.ClH/c1-16(14(17)11-3-2-6-15-11)8-10-4-5-12-13(7-10)19-9-18-12;/h4-5,7,11,15H,2-3,6,8-9H2,1H3;1H/t11-;/m0./s1. The number of likely N-dealkylation sites (N-methyl/N-ethyl adjacent to an activating group) is 1. The molecule has 0 spiro atoms. The molecule has 0 saturated carbocycles. The Morgan fingerprint density at radius 3 is 2.95 bits per heavy atom. The first-order chi connectivity index (χ1) is 9.24. The Kier molecular flexibility index (Phi) is 4.73. The van der Waals surface area contributed by atoms with Crippen molar-refractivity contribution in [2.24, 2.45) is 0 Å². The number of rotatable bonds is 3. The lowest BCUT2D eigenvalue weighted by Crippen LogP contribution is -2.41. The van der Waals surface area contributed by atoms with E-state index in [2.05, 4.69) is 5.32 Å². The van der Waals surface area contributed by atoms with Gasteiger partial charge in [0.1, 0.15) is 0 Å². The molecule has 1 saturated heterocycles. The summed E-state index contributed by atoms with van der Waals surface area (Å²) in [6.45, 7) is 1.81. The minimum atomic E-state index is -0.0148. The predicted octanol–water partition coefficient (Wildman–Crippen LogP) is 1.55.